The molecule has 1 heterocycles. The summed E-state index contributed by atoms with van der Waals surface area (Å²) in [6.07, 6.45) is 5.62. The second-order valence-corrected chi connectivity index (χ2v) is 8.75. The van der Waals surface area contributed by atoms with Crippen LogP contribution in [0.25, 0.3) is 6.08 Å². The zero-order chi connectivity index (χ0) is 20.5. The average Bonchev–Trinajstić information content (AvgIpc) is 3.17. The molecule has 2 unspecified atom stereocenters. The number of hydrogen-bond acceptors (Lipinski definition) is 2. The van der Waals surface area contributed by atoms with Crippen LogP contribution < -0.4 is 5.01 Å². The molecule has 2 nitrogen and oxygen atoms in total. The maximum Gasteiger partial charge on any atom is 0.0859 e. The number of allylic oxidation sites excluding steroid dienone is 1. The summed E-state index contributed by atoms with van der Waals surface area (Å²) in [5.74, 6) is 0.360. The molecule has 30 heavy (non-hydrogen) atoms. The molecule has 0 spiro atoms. The Bertz CT molecular complexity index is 1090. The third kappa shape index (κ3) is 3.78. The van der Waals surface area contributed by atoms with Crippen molar-refractivity contribution in [2.75, 3.05) is 5.01 Å². The third-order valence-corrected chi connectivity index (χ3v) is 6.45. The zero-order valence-corrected chi connectivity index (χ0v) is 18.0. The van der Waals surface area contributed by atoms with Gasteiger partial charge in [-0.3, -0.25) is 5.01 Å². The second-order valence-electron chi connectivity index (χ2n) is 7.88. The molecule has 0 saturated heterocycles. The molecule has 1 aliphatic heterocycles. The summed E-state index contributed by atoms with van der Waals surface area (Å²) in [6, 6.07) is 26.9. The summed E-state index contributed by atoms with van der Waals surface area (Å²) < 4.78 is 0. The van der Waals surface area contributed by atoms with E-state index < -0.39 is 0 Å². The minimum atomic E-state index is 0.175. The molecule has 0 bridgehead atoms. The first-order valence-corrected chi connectivity index (χ1v) is 11.1. The van der Waals surface area contributed by atoms with Crippen molar-refractivity contribution in [3.8, 4) is 0 Å². The Morgan fingerprint density at radius 2 is 1.50 bits per heavy atom. The lowest BCUT2D eigenvalue weighted by Crippen LogP contribution is -2.28. The minimum Gasteiger partial charge on any atom is -0.257 e. The van der Waals surface area contributed by atoms with E-state index in [0.717, 1.165) is 35.0 Å². The van der Waals surface area contributed by atoms with Crippen LogP contribution in [0.3, 0.4) is 0 Å². The molecule has 3 aromatic carbocycles. The van der Waals surface area contributed by atoms with Gasteiger partial charge < -0.3 is 0 Å². The van der Waals surface area contributed by atoms with E-state index in [2.05, 4.69) is 59.6 Å². The molecule has 2 aliphatic rings. The summed E-state index contributed by atoms with van der Waals surface area (Å²) in [5.41, 5.74) is 6.06. The number of para-hydroxylation sites is 1. The van der Waals surface area contributed by atoms with Crippen LogP contribution in [0.15, 0.2) is 89.5 Å². The number of halogens is 2. The minimum absolute atomic E-state index is 0.175. The summed E-state index contributed by atoms with van der Waals surface area (Å²) in [6.45, 7) is 0. The van der Waals surface area contributed by atoms with Crippen LogP contribution in [-0.2, 0) is 0 Å². The number of nitrogens with zero attached hydrogens (tertiary/aromatic N) is 2. The lowest BCUT2D eigenvalue weighted by Gasteiger charge is -2.30. The van der Waals surface area contributed by atoms with Gasteiger partial charge in [-0.2, -0.15) is 5.10 Å². The normalized spacial score (nSPS) is 22.1. The molecule has 4 heteroatoms. The fraction of sp³-hybridized carbons (Fsp3) is 0.192. The molecule has 3 aromatic rings. The van der Waals surface area contributed by atoms with Gasteiger partial charge in [-0.25, -0.2) is 0 Å². The molecule has 0 N–H and O–H groups in total. The highest BCUT2D eigenvalue weighted by molar-refractivity contribution is 6.30. The van der Waals surface area contributed by atoms with Gasteiger partial charge in [0.25, 0.3) is 0 Å². The topological polar surface area (TPSA) is 15.6 Å². The van der Waals surface area contributed by atoms with Gasteiger partial charge in [-0.05, 0) is 78.4 Å². The first-order chi connectivity index (χ1) is 14.7. The Kier molecular flexibility index (Phi) is 5.37. The monoisotopic (exact) mass is 432 g/mol. The van der Waals surface area contributed by atoms with Crippen LogP contribution in [0.4, 0.5) is 5.69 Å². The van der Waals surface area contributed by atoms with Crippen molar-refractivity contribution < 1.29 is 0 Å². The number of hydrazone groups is 1. The predicted octanol–water partition coefficient (Wildman–Crippen LogP) is 7.79. The molecule has 150 valence electrons. The van der Waals surface area contributed by atoms with E-state index in [1.54, 1.807) is 0 Å². The Morgan fingerprint density at radius 1 is 0.833 bits per heavy atom. The molecule has 0 radical (unpaired) electrons. The average molecular weight is 433 g/mol. The van der Waals surface area contributed by atoms with Gasteiger partial charge in [0.1, 0.15) is 0 Å². The molecule has 1 saturated carbocycles. The van der Waals surface area contributed by atoms with Crippen LogP contribution in [0.5, 0.6) is 0 Å². The molecule has 5 rings (SSSR count). The predicted molar refractivity (Wildman–Crippen MR) is 127 cm³/mol. The lowest BCUT2D eigenvalue weighted by atomic mass is 9.77. The molecule has 2 atom stereocenters. The van der Waals surface area contributed by atoms with Crippen LogP contribution in [-0.4, -0.2) is 5.71 Å². The molecular weight excluding hydrogens is 411 g/mol. The zero-order valence-electron chi connectivity index (χ0n) is 16.5. The molecular formula is C26H22Cl2N2. The van der Waals surface area contributed by atoms with Gasteiger partial charge in [0, 0.05) is 16.0 Å². The van der Waals surface area contributed by atoms with Gasteiger partial charge in [0.05, 0.1) is 17.4 Å². The van der Waals surface area contributed by atoms with Crippen molar-refractivity contribution in [1.82, 2.24) is 0 Å². The molecule has 1 aliphatic carbocycles. The Morgan fingerprint density at radius 3 is 2.20 bits per heavy atom. The van der Waals surface area contributed by atoms with Crippen molar-refractivity contribution in [1.29, 1.82) is 0 Å². The van der Waals surface area contributed by atoms with Crippen molar-refractivity contribution in [3.63, 3.8) is 0 Å². The first kappa shape index (κ1) is 19.4. The Labute approximate surface area is 187 Å². The smallest absolute Gasteiger partial charge is 0.0859 e. The lowest BCUT2D eigenvalue weighted by molar-refractivity contribution is 0.488. The van der Waals surface area contributed by atoms with Crippen molar-refractivity contribution >= 4 is 40.7 Å². The molecule has 0 aromatic heterocycles. The number of hydrogen-bond donors (Lipinski definition) is 0. The van der Waals surface area contributed by atoms with E-state index in [1.807, 2.05) is 30.3 Å². The number of fused-ring (bicyclic) bond motifs is 1. The Hall–Kier alpha value is -2.55. The maximum atomic E-state index is 6.17. The Balaban J connectivity index is 1.58. The molecule has 1 fully saturated rings. The van der Waals surface area contributed by atoms with E-state index in [4.69, 9.17) is 28.3 Å². The van der Waals surface area contributed by atoms with Crippen molar-refractivity contribution in [3.05, 3.63) is 106 Å². The number of rotatable bonds is 3. The highest BCUT2D eigenvalue weighted by Crippen LogP contribution is 2.46. The van der Waals surface area contributed by atoms with Gasteiger partial charge in [0.2, 0.25) is 0 Å². The largest absolute Gasteiger partial charge is 0.257 e. The second kappa shape index (κ2) is 8.29. The van der Waals surface area contributed by atoms with E-state index in [-0.39, 0.29) is 6.04 Å². The summed E-state index contributed by atoms with van der Waals surface area (Å²) >= 11 is 12.2. The highest BCUT2D eigenvalue weighted by atomic mass is 35.5. The highest BCUT2D eigenvalue weighted by Gasteiger charge is 2.41. The fourth-order valence-corrected chi connectivity index (χ4v) is 4.80. The molecule has 0 amide bonds. The summed E-state index contributed by atoms with van der Waals surface area (Å²) in [7, 11) is 0. The quantitative estimate of drug-likeness (QED) is 0.412. The fourth-order valence-electron chi connectivity index (χ4n) is 4.55. The maximum absolute atomic E-state index is 6.17. The van der Waals surface area contributed by atoms with Gasteiger partial charge >= 0.3 is 0 Å². The SMILES string of the molecule is Clc1ccc(/C=C2/CCCC3C2=NN(c2ccccc2)C3c2ccc(Cl)cc2)cc1. The van der Waals surface area contributed by atoms with Gasteiger partial charge in [-0.1, -0.05) is 65.7 Å². The first-order valence-electron chi connectivity index (χ1n) is 10.3. The summed E-state index contributed by atoms with van der Waals surface area (Å²) in [4.78, 5) is 0. The van der Waals surface area contributed by atoms with Crippen LogP contribution in [0, 0.1) is 5.92 Å². The van der Waals surface area contributed by atoms with Crippen molar-refractivity contribution in [2.24, 2.45) is 11.0 Å². The number of anilines is 1. The van der Waals surface area contributed by atoms with Crippen LogP contribution in [0.2, 0.25) is 10.0 Å². The van der Waals surface area contributed by atoms with Gasteiger partial charge in [-0.15, -0.1) is 0 Å². The van der Waals surface area contributed by atoms with E-state index >= 15 is 0 Å². The van der Waals surface area contributed by atoms with E-state index in [1.165, 1.54) is 22.4 Å². The number of benzene rings is 3. The summed E-state index contributed by atoms with van der Waals surface area (Å²) in [5, 5.41) is 8.90. The van der Waals surface area contributed by atoms with Gasteiger partial charge in [0.15, 0.2) is 0 Å². The van der Waals surface area contributed by atoms with Crippen molar-refractivity contribution in [2.45, 2.75) is 25.3 Å². The standard InChI is InChI=1S/C26H22Cl2N2/c27-21-13-9-18(10-14-21)17-20-5-4-8-24-25(20)29-30(23-6-2-1-3-7-23)26(24)19-11-15-22(28)16-12-19/h1-3,6-7,9-17,24,26H,4-5,8H2/b20-17-. The van der Waals surface area contributed by atoms with E-state index in [9.17, 15) is 0 Å². The van der Waals surface area contributed by atoms with Crippen LogP contribution in [0.1, 0.15) is 36.4 Å². The third-order valence-electron chi connectivity index (χ3n) is 5.94. The van der Waals surface area contributed by atoms with E-state index in [0.29, 0.717) is 5.92 Å². The van der Waals surface area contributed by atoms with Crippen LogP contribution >= 0.6 is 23.2 Å².